The lowest BCUT2D eigenvalue weighted by atomic mass is 10.2. The van der Waals surface area contributed by atoms with Crippen LogP contribution in [0.4, 0.5) is 8.78 Å². The smallest absolute Gasteiger partial charge is 0.263 e. The number of hydrogen-bond acceptors (Lipinski definition) is 2. The number of rotatable bonds is 3. The average molecular weight is 229 g/mol. The molecule has 1 heterocycles. The fourth-order valence-electron chi connectivity index (χ4n) is 1.73. The molecular weight excluding hydrogens is 216 g/mol. The number of halogens is 2. The molecule has 1 amide bonds. The first kappa shape index (κ1) is 11.0. The second kappa shape index (κ2) is 3.54. The van der Waals surface area contributed by atoms with Crippen LogP contribution in [0, 0.1) is 18.8 Å². The topological polar surface area (TPSA) is 57.8 Å². The molecule has 6 heteroatoms. The van der Waals surface area contributed by atoms with Gasteiger partial charge in [0.25, 0.3) is 5.92 Å². The lowest BCUT2D eigenvalue weighted by Gasteiger charge is -2.03. The van der Waals surface area contributed by atoms with E-state index < -0.39 is 23.7 Å². The van der Waals surface area contributed by atoms with E-state index in [1.54, 1.807) is 6.20 Å². The molecule has 2 N–H and O–H groups in total. The van der Waals surface area contributed by atoms with Gasteiger partial charge in [-0.05, 0) is 6.92 Å². The van der Waals surface area contributed by atoms with Gasteiger partial charge < -0.3 is 5.32 Å². The maximum atomic E-state index is 12.9. The number of aromatic nitrogens is 2. The zero-order valence-corrected chi connectivity index (χ0v) is 9.05. The Morgan fingerprint density at radius 2 is 2.31 bits per heavy atom. The maximum Gasteiger partial charge on any atom is 0.263 e. The largest absolute Gasteiger partial charge is 0.351 e. The highest BCUT2D eigenvalue weighted by atomic mass is 19.3. The summed E-state index contributed by atoms with van der Waals surface area (Å²) >= 11 is 0. The van der Waals surface area contributed by atoms with E-state index in [0.717, 1.165) is 11.3 Å². The summed E-state index contributed by atoms with van der Waals surface area (Å²) in [6, 6.07) is 0. The number of aromatic amines is 1. The van der Waals surface area contributed by atoms with Gasteiger partial charge in [0.15, 0.2) is 0 Å². The number of hydrogen-bond donors (Lipinski definition) is 2. The summed E-state index contributed by atoms with van der Waals surface area (Å²) in [4.78, 5) is 11.4. The van der Waals surface area contributed by atoms with Crippen LogP contribution < -0.4 is 5.32 Å². The molecule has 1 saturated carbocycles. The third-order valence-electron chi connectivity index (χ3n) is 3.08. The summed E-state index contributed by atoms with van der Waals surface area (Å²) in [7, 11) is 0. The van der Waals surface area contributed by atoms with Crippen molar-refractivity contribution in [2.45, 2.75) is 26.3 Å². The summed E-state index contributed by atoms with van der Waals surface area (Å²) in [5.74, 6) is -5.44. The molecule has 2 rings (SSSR count). The number of aryl methyl sites for hydroxylation is 1. The van der Waals surface area contributed by atoms with Crippen LogP contribution in [-0.2, 0) is 11.3 Å². The zero-order chi connectivity index (χ0) is 11.9. The number of alkyl halides is 2. The van der Waals surface area contributed by atoms with E-state index in [1.807, 2.05) is 6.92 Å². The number of carbonyl (C=O) groups excluding carboxylic acids is 1. The first-order valence-electron chi connectivity index (χ1n) is 5.09. The van der Waals surface area contributed by atoms with Crippen molar-refractivity contribution in [2.24, 2.45) is 11.8 Å². The van der Waals surface area contributed by atoms with Crippen LogP contribution in [0.3, 0.4) is 0 Å². The molecule has 0 saturated heterocycles. The summed E-state index contributed by atoms with van der Waals surface area (Å²) in [5.41, 5.74) is 1.64. The van der Waals surface area contributed by atoms with Gasteiger partial charge >= 0.3 is 0 Å². The Balaban J connectivity index is 1.89. The van der Waals surface area contributed by atoms with Crippen LogP contribution >= 0.6 is 0 Å². The third kappa shape index (κ3) is 1.68. The first-order valence-corrected chi connectivity index (χ1v) is 5.09. The lowest BCUT2D eigenvalue weighted by molar-refractivity contribution is -0.124. The van der Waals surface area contributed by atoms with Gasteiger partial charge in [0, 0.05) is 23.7 Å². The molecule has 1 fully saturated rings. The molecule has 2 atom stereocenters. The molecule has 0 radical (unpaired) electrons. The van der Waals surface area contributed by atoms with E-state index >= 15 is 0 Å². The van der Waals surface area contributed by atoms with Crippen molar-refractivity contribution in [2.75, 3.05) is 0 Å². The fourth-order valence-corrected chi connectivity index (χ4v) is 1.73. The number of nitrogens with zero attached hydrogens (tertiary/aromatic N) is 1. The molecule has 0 bridgehead atoms. The van der Waals surface area contributed by atoms with Crippen molar-refractivity contribution in [3.63, 3.8) is 0 Å². The predicted octanol–water partition coefficient (Wildman–Crippen LogP) is 1.24. The predicted molar refractivity (Wildman–Crippen MR) is 52.8 cm³/mol. The number of nitrogens with one attached hydrogen (secondary N) is 2. The quantitative estimate of drug-likeness (QED) is 0.819. The first-order chi connectivity index (χ1) is 7.44. The summed E-state index contributed by atoms with van der Waals surface area (Å²) in [6.07, 6.45) is 1.57. The van der Waals surface area contributed by atoms with E-state index in [-0.39, 0.29) is 6.54 Å². The summed E-state index contributed by atoms with van der Waals surface area (Å²) in [6.45, 7) is 3.43. The van der Waals surface area contributed by atoms with Crippen molar-refractivity contribution in [3.8, 4) is 0 Å². The molecule has 0 spiro atoms. The number of H-pyrrole nitrogens is 1. The third-order valence-corrected chi connectivity index (χ3v) is 3.08. The van der Waals surface area contributed by atoms with E-state index in [1.165, 1.54) is 6.92 Å². The highest BCUT2D eigenvalue weighted by Gasteiger charge is 2.69. The monoisotopic (exact) mass is 229 g/mol. The number of amides is 1. The zero-order valence-electron chi connectivity index (χ0n) is 9.05. The van der Waals surface area contributed by atoms with Gasteiger partial charge in [-0.25, -0.2) is 8.78 Å². The van der Waals surface area contributed by atoms with Gasteiger partial charge in [0.2, 0.25) is 5.91 Å². The minimum Gasteiger partial charge on any atom is -0.351 e. The molecule has 1 aliphatic carbocycles. The molecule has 0 unspecified atom stereocenters. The summed E-state index contributed by atoms with van der Waals surface area (Å²) in [5, 5.41) is 8.99. The standard InChI is InChI=1S/C10H13F2N3O/c1-5-8(10(5,11)12)9(16)13-3-7-4-14-15-6(7)2/h4-5,8H,3H2,1-2H3,(H,13,16)(H,14,15)/t5-,8+/m1/s1. The van der Waals surface area contributed by atoms with Crippen LogP contribution in [-0.4, -0.2) is 22.0 Å². The second-order valence-corrected chi connectivity index (χ2v) is 4.18. The van der Waals surface area contributed by atoms with E-state index in [0.29, 0.717) is 0 Å². The number of carbonyl (C=O) groups is 1. The molecule has 16 heavy (non-hydrogen) atoms. The minimum atomic E-state index is -2.84. The maximum absolute atomic E-state index is 12.9. The van der Waals surface area contributed by atoms with E-state index in [9.17, 15) is 13.6 Å². The van der Waals surface area contributed by atoms with Gasteiger partial charge in [-0.2, -0.15) is 5.10 Å². The Kier molecular flexibility index (Phi) is 2.44. The van der Waals surface area contributed by atoms with E-state index in [4.69, 9.17) is 0 Å². The van der Waals surface area contributed by atoms with Crippen LogP contribution in [0.2, 0.25) is 0 Å². The Morgan fingerprint density at radius 3 is 2.75 bits per heavy atom. The second-order valence-electron chi connectivity index (χ2n) is 4.18. The van der Waals surface area contributed by atoms with E-state index in [2.05, 4.69) is 15.5 Å². The minimum absolute atomic E-state index is 0.237. The van der Waals surface area contributed by atoms with Crippen molar-refractivity contribution in [1.29, 1.82) is 0 Å². The van der Waals surface area contributed by atoms with Crippen LogP contribution in [0.5, 0.6) is 0 Å². The molecule has 1 aromatic heterocycles. The highest BCUT2D eigenvalue weighted by molar-refractivity contribution is 5.83. The normalized spacial score (nSPS) is 26.5. The Morgan fingerprint density at radius 1 is 1.69 bits per heavy atom. The summed E-state index contributed by atoms with van der Waals surface area (Å²) < 4.78 is 25.8. The van der Waals surface area contributed by atoms with Gasteiger partial charge in [0.1, 0.15) is 5.92 Å². The molecule has 1 aromatic rings. The SMILES string of the molecule is Cc1[nH]ncc1CNC(=O)[C@@H]1[C@@H](C)C1(F)F. The van der Waals surface area contributed by atoms with Crippen LogP contribution in [0.15, 0.2) is 6.20 Å². The molecule has 0 aromatic carbocycles. The Bertz CT molecular complexity index is 416. The van der Waals surface area contributed by atoms with Gasteiger partial charge in [-0.3, -0.25) is 9.89 Å². The van der Waals surface area contributed by atoms with Crippen LogP contribution in [0.25, 0.3) is 0 Å². The molecule has 1 aliphatic rings. The van der Waals surface area contributed by atoms with Crippen LogP contribution in [0.1, 0.15) is 18.2 Å². The molecule has 0 aliphatic heterocycles. The average Bonchev–Trinajstić information content (AvgIpc) is 2.58. The molecule has 88 valence electrons. The van der Waals surface area contributed by atoms with Crippen molar-refractivity contribution >= 4 is 5.91 Å². The Hall–Kier alpha value is -1.46. The van der Waals surface area contributed by atoms with Crippen molar-refractivity contribution in [3.05, 3.63) is 17.5 Å². The fraction of sp³-hybridized carbons (Fsp3) is 0.600. The van der Waals surface area contributed by atoms with Crippen molar-refractivity contribution < 1.29 is 13.6 Å². The van der Waals surface area contributed by atoms with Gasteiger partial charge in [0.05, 0.1) is 6.20 Å². The Labute approximate surface area is 91.4 Å². The highest BCUT2D eigenvalue weighted by Crippen LogP contribution is 2.54. The molecular formula is C10H13F2N3O. The van der Waals surface area contributed by atoms with Crippen molar-refractivity contribution in [1.82, 2.24) is 15.5 Å². The lowest BCUT2D eigenvalue weighted by Crippen LogP contribution is -2.26. The van der Waals surface area contributed by atoms with Gasteiger partial charge in [-0.15, -0.1) is 0 Å². The molecule has 4 nitrogen and oxygen atoms in total. The van der Waals surface area contributed by atoms with Gasteiger partial charge in [-0.1, -0.05) is 6.92 Å².